The molecule has 0 heterocycles. The maximum absolute atomic E-state index is 10.9. The summed E-state index contributed by atoms with van der Waals surface area (Å²) in [6.45, 7) is 3.36. The van der Waals surface area contributed by atoms with Crippen molar-refractivity contribution in [1.29, 1.82) is 0 Å². The molecule has 2 N–H and O–H groups in total. The van der Waals surface area contributed by atoms with Crippen molar-refractivity contribution in [3.63, 3.8) is 0 Å². The summed E-state index contributed by atoms with van der Waals surface area (Å²) in [5, 5.41) is 20.6. The molecule has 4 aliphatic rings. The Hall–Kier alpha value is -0.520. The fraction of sp³-hybridized carbons (Fsp3) is 0.867. The number of aliphatic hydroxyl groups is 2. The summed E-state index contributed by atoms with van der Waals surface area (Å²) in [6.07, 6.45) is 5.95. The molecule has 0 amide bonds. The van der Waals surface area contributed by atoms with Gasteiger partial charge in [-0.3, -0.25) is 0 Å². The van der Waals surface area contributed by atoms with Crippen LogP contribution in [0.5, 0.6) is 0 Å². The molecule has 0 atom stereocenters. The smallest absolute Gasteiger partial charge is 0.131 e. The van der Waals surface area contributed by atoms with Crippen molar-refractivity contribution in [2.75, 3.05) is 0 Å². The van der Waals surface area contributed by atoms with Crippen molar-refractivity contribution >= 4 is 0 Å². The zero-order chi connectivity index (χ0) is 12.3. The van der Waals surface area contributed by atoms with E-state index < -0.39 is 11.2 Å². The molecule has 0 aliphatic heterocycles. The van der Waals surface area contributed by atoms with Gasteiger partial charge < -0.3 is 10.2 Å². The zero-order valence-electron chi connectivity index (χ0n) is 10.7. The average molecular weight is 234 g/mol. The molecule has 0 aromatic rings. The summed E-state index contributed by atoms with van der Waals surface area (Å²) in [5.41, 5.74) is -1.81. The van der Waals surface area contributed by atoms with Crippen LogP contribution < -0.4 is 0 Å². The summed E-state index contributed by atoms with van der Waals surface area (Å²) in [5.74, 6) is 8.26. The van der Waals surface area contributed by atoms with Crippen molar-refractivity contribution in [1.82, 2.24) is 0 Å². The van der Waals surface area contributed by atoms with Gasteiger partial charge in [0.25, 0.3) is 0 Å². The standard InChI is InChI=1S/C15H22O2/c1-14(2,16)3-4-15(17)12-6-10-5-11(8-12)9-13(15)7-10/h10-13,16-17H,5-9H2,1-2H3. The first kappa shape index (κ1) is 11.6. The molecule has 4 rings (SSSR count). The number of hydrogen-bond donors (Lipinski definition) is 2. The van der Waals surface area contributed by atoms with Crippen LogP contribution in [0.25, 0.3) is 0 Å². The van der Waals surface area contributed by atoms with Gasteiger partial charge in [-0.25, -0.2) is 0 Å². The fourth-order valence-corrected chi connectivity index (χ4v) is 4.36. The maximum atomic E-state index is 10.9. The van der Waals surface area contributed by atoms with Gasteiger partial charge in [-0.05, 0) is 69.6 Å². The van der Waals surface area contributed by atoms with E-state index in [-0.39, 0.29) is 0 Å². The minimum atomic E-state index is -0.996. The molecule has 0 radical (unpaired) electrons. The second kappa shape index (κ2) is 3.49. The van der Waals surface area contributed by atoms with E-state index in [1.165, 1.54) is 6.42 Å². The van der Waals surface area contributed by atoms with Gasteiger partial charge in [0.05, 0.1) is 0 Å². The van der Waals surface area contributed by atoms with Gasteiger partial charge in [0.2, 0.25) is 0 Å². The Morgan fingerprint density at radius 2 is 1.47 bits per heavy atom. The average Bonchev–Trinajstić information content (AvgIpc) is 2.21. The molecular weight excluding hydrogens is 212 g/mol. The molecule has 4 bridgehead atoms. The lowest BCUT2D eigenvalue weighted by atomic mass is 9.50. The number of hydrogen-bond acceptors (Lipinski definition) is 2. The lowest BCUT2D eigenvalue weighted by molar-refractivity contribution is -0.137. The second-order valence-corrected chi connectivity index (χ2v) is 6.94. The van der Waals surface area contributed by atoms with E-state index in [1.807, 2.05) is 0 Å². The normalized spacial score (nSPS) is 47.8. The van der Waals surface area contributed by atoms with Gasteiger partial charge >= 0.3 is 0 Å². The largest absolute Gasteiger partial charge is 0.378 e. The van der Waals surface area contributed by atoms with Crippen molar-refractivity contribution in [3.8, 4) is 11.8 Å². The minimum Gasteiger partial charge on any atom is -0.378 e. The Morgan fingerprint density at radius 1 is 1.00 bits per heavy atom. The topological polar surface area (TPSA) is 40.5 Å². The molecule has 94 valence electrons. The van der Waals surface area contributed by atoms with E-state index in [0.29, 0.717) is 11.8 Å². The van der Waals surface area contributed by atoms with E-state index in [9.17, 15) is 10.2 Å². The Kier molecular flexibility index (Phi) is 2.38. The molecule has 0 aromatic carbocycles. The third-order valence-electron chi connectivity index (χ3n) is 4.95. The first-order valence-electron chi connectivity index (χ1n) is 6.86. The molecule has 0 spiro atoms. The van der Waals surface area contributed by atoms with Gasteiger partial charge in [0.1, 0.15) is 11.2 Å². The summed E-state index contributed by atoms with van der Waals surface area (Å²) < 4.78 is 0. The first-order chi connectivity index (χ1) is 7.87. The third-order valence-corrected chi connectivity index (χ3v) is 4.95. The van der Waals surface area contributed by atoms with Crippen molar-refractivity contribution < 1.29 is 10.2 Å². The summed E-state index contributed by atoms with van der Waals surface area (Å²) in [6, 6.07) is 0. The van der Waals surface area contributed by atoms with Crippen LogP contribution in [0.1, 0.15) is 46.0 Å². The van der Waals surface area contributed by atoms with Crippen molar-refractivity contribution in [3.05, 3.63) is 0 Å². The Balaban J connectivity index is 1.89. The van der Waals surface area contributed by atoms with Gasteiger partial charge in [-0.2, -0.15) is 0 Å². The van der Waals surface area contributed by atoms with Crippen LogP contribution in [0.3, 0.4) is 0 Å². The highest BCUT2D eigenvalue weighted by Gasteiger charge is 2.55. The predicted molar refractivity (Wildman–Crippen MR) is 66.1 cm³/mol. The van der Waals surface area contributed by atoms with E-state index in [2.05, 4.69) is 11.8 Å². The molecule has 2 nitrogen and oxygen atoms in total. The van der Waals surface area contributed by atoms with Crippen LogP contribution in [0.15, 0.2) is 0 Å². The molecule has 4 fully saturated rings. The van der Waals surface area contributed by atoms with Crippen LogP contribution in [0, 0.1) is 35.5 Å². The molecule has 17 heavy (non-hydrogen) atoms. The summed E-state index contributed by atoms with van der Waals surface area (Å²) in [7, 11) is 0. The molecule has 0 aromatic heterocycles. The number of rotatable bonds is 0. The Morgan fingerprint density at radius 3 is 1.88 bits per heavy atom. The van der Waals surface area contributed by atoms with Crippen LogP contribution in [-0.2, 0) is 0 Å². The maximum Gasteiger partial charge on any atom is 0.131 e. The van der Waals surface area contributed by atoms with E-state index >= 15 is 0 Å². The van der Waals surface area contributed by atoms with Gasteiger partial charge in [-0.15, -0.1) is 0 Å². The molecule has 2 heteroatoms. The van der Waals surface area contributed by atoms with E-state index in [4.69, 9.17) is 0 Å². The Bertz CT molecular complexity index is 352. The lowest BCUT2D eigenvalue weighted by Gasteiger charge is -2.57. The molecular formula is C15H22O2. The monoisotopic (exact) mass is 234 g/mol. The highest BCUT2D eigenvalue weighted by molar-refractivity contribution is 5.26. The molecule has 4 saturated carbocycles. The fourth-order valence-electron chi connectivity index (χ4n) is 4.36. The minimum absolute atomic E-state index is 0.355. The van der Waals surface area contributed by atoms with Gasteiger partial charge in [0, 0.05) is 0 Å². The highest BCUT2D eigenvalue weighted by Crippen LogP contribution is 2.58. The van der Waals surface area contributed by atoms with Gasteiger partial charge in [-0.1, -0.05) is 11.8 Å². The quantitative estimate of drug-likeness (QED) is 0.629. The van der Waals surface area contributed by atoms with Crippen LogP contribution in [0.2, 0.25) is 0 Å². The second-order valence-electron chi connectivity index (χ2n) is 6.94. The molecule has 0 saturated heterocycles. The SMILES string of the molecule is CC(C)(O)C#CC1(O)C2CC3CC(C2)CC1C3. The van der Waals surface area contributed by atoms with Crippen LogP contribution >= 0.6 is 0 Å². The van der Waals surface area contributed by atoms with Gasteiger partial charge in [0.15, 0.2) is 0 Å². The molecule has 4 aliphatic carbocycles. The lowest BCUT2D eigenvalue weighted by Crippen LogP contribution is -2.57. The predicted octanol–water partition coefficient (Wildman–Crippen LogP) is 1.95. The van der Waals surface area contributed by atoms with Crippen LogP contribution in [0.4, 0.5) is 0 Å². The van der Waals surface area contributed by atoms with Crippen LogP contribution in [-0.4, -0.2) is 21.4 Å². The van der Waals surface area contributed by atoms with Crippen molar-refractivity contribution in [2.45, 2.75) is 57.2 Å². The molecule has 0 unspecified atom stereocenters. The first-order valence-corrected chi connectivity index (χ1v) is 6.86. The highest BCUT2D eigenvalue weighted by atomic mass is 16.3. The third kappa shape index (κ3) is 1.90. The Labute approximate surface area is 103 Å². The van der Waals surface area contributed by atoms with E-state index in [1.54, 1.807) is 13.8 Å². The summed E-state index contributed by atoms with van der Waals surface area (Å²) in [4.78, 5) is 0. The summed E-state index contributed by atoms with van der Waals surface area (Å²) >= 11 is 0. The zero-order valence-corrected chi connectivity index (χ0v) is 10.7. The van der Waals surface area contributed by atoms with Crippen molar-refractivity contribution in [2.24, 2.45) is 23.7 Å². The van der Waals surface area contributed by atoms with E-state index in [0.717, 1.165) is 37.5 Å².